The van der Waals surface area contributed by atoms with Crippen LogP contribution < -0.4 is 0 Å². The van der Waals surface area contributed by atoms with Gasteiger partial charge in [0.15, 0.2) is 0 Å². The van der Waals surface area contributed by atoms with Gasteiger partial charge in [-0.15, -0.1) is 0 Å². The molecule has 0 heterocycles. The molecule has 0 aromatic heterocycles. The minimum Gasteiger partial charge on any atom is -0.455 e. The molecule has 0 saturated carbocycles. The monoisotopic (exact) mass is 252 g/mol. The lowest BCUT2D eigenvalue weighted by Gasteiger charge is -2.07. The molecule has 4 heteroatoms. The van der Waals surface area contributed by atoms with E-state index in [0.717, 1.165) is 12.2 Å². The molecular formula is C14H20O4. The molecule has 100 valence electrons. The van der Waals surface area contributed by atoms with Gasteiger partial charge in [0, 0.05) is 12.2 Å². The maximum Gasteiger partial charge on any atom is 0.331 e. The first kappa shape index (κ1) is 16.2. The second kappa shape index (κ2) is 9.22. The second-order valence-electron chi connectivity index (χ2n) is 3.67. The van der Waals surface area contributed by atoms with Gasteiger partial charge in [0.1, 0.15) is 12.2 Å². The lowest BCUT2D eigenvalue weighted by molar-refractivity contribution is -0.143. The summed E-state index contributed by atoms with van der Waals surface area (Å²) in [5, 5.41) is 0. The third-order valence-corrected chi connectivity index (χ3v) is 1.89. The molecule has 0 fully saturated rings. The van der Waals surface area contributed by atoms with Crippen LogP contribution in [0.4, 0.5) is 0 Å². The number of allylic oxidation sites excluding steroid dienone is 2. The van der Waals surface area contributed by atoms with E-state index in [1.165, 1.54) is 0 Å². The van der Waals surface area contributed by atoms with E-state index >= 15 is 0 Å². The van der Waals surface area contributed by atoms with E-state index in [4.69, 9.17) is 9.47 Å². The van der Waals surface area contributed by atoms with Crippen molar-refractivity contribution in [2.75, 3.05) is 0 Å². The maximum absolute atomic E-state index is 11.3. The van der Waals surface area contributed by atoms with E-state index in [9.17, 15) is 9.59 Å². The average molecular weight is 252 g/mol. The Hall–Kier alpha value is -1.84. The van der Waals surface area contributed by atoms with E-state index in [1.54, 1.807) is 38.2 Å². The molecule has 2 atom stereocenters. The maximum atomic E-state index is 11.3. The standard InChI is InChI=1S/C14H20O4/c1-5-7-11(3)17-13(15)9-10-14(16)18-12(4)8-6-2/h5-12H,1-4H3/b7-5+,8-6+,10-9-. The Morgan fingerprint density at radius 3 is 1.44 bits per heavy atom. The molecule has 4 nitrogen and oxygen atoms in total. The third-order valence-electron chi connectivity index (χ3n) is 1.89. The summed E-state index contributed by atoms with van der Waals surface area (Å²) in [6.07, 6.45) is 8.53. The highest BCUT2D eigenvalue weighted by Gasteiger charge is 2.06. The number of rotatable bonds is 6. The van der Waals surface area contributed by atoms with Crippen molar-refractivity contribution in [3.63, 3.8) is 0 Å². The van der Waals surface area contributed by atoms with E-state index in [1.807, 2.05) is 13.8 Å². The van der Waals surface area contributed by atoms with Crippen molar-refractivity contribution >= 4 is 11.9 Å². The molecule has 0 spiro atoms. The normalized spacial score (nSPS) is 15.1. The zero-order valence-electron chi connectivity index (χ0n) is 11.3. The van der Waals surface area contributed by atoms with Crippen molar-refractivity contribution in [1.29, 1.82) is 0 Å². The molecule has 0 aliphatic heterocycles. The molecule has 0 N–H and O–H groups in total. The number of ether oxygens (including phenoxy) is 2. The molecule has 0 amide bonds. The fourth-order valence-corrected chi connectivity index (χ4v) is 1.20. The van der Waals surface area contributed by atoms with E-state index < -0.39 is 11.9 Å². The van der Waals surface area contributed by atoms with Crippen LogP contribution in [0.3, 0.4) is 0 Å². The molecule has 0 bridgehead atoms. The van der Waals surface area contributed by atoms with Gasteiger partial charge >= 0.3 is 11.9 Å². The quantitative estimate of drug-likeness (QED) is 0.414. The van der Waals surface area contributed by atoms with E-state index in [-0.39, 0.29) is 12.2 Å². The van der Waals surface area contributed by atoms with Crippen LogP contribution in [0.2, 0.25) is 0 Å². The Kier molecular flexibility index (Phi) is 8.27. The van der Waals surface area contributed by atoms with Crippen molar-refractivity contribution in [2.45, 2.75) is 39.9 Å². The van der Waals surface area contributed by atoms with Crippen molar-refractivity contribution in [1.82, 2.24) is 0 Å². The fourth-order valence-electron chi connectivity index (χ4n) is 1.20. The van der Waals surface area contributed by atoms with Gasteiger partial charge in [-0.3, -0.25) is 0 Å². The SMILES string of the molecule is C/C=C/C(C)OC(=O)/C=C\C(=O)OC(C)/C=C/C. The third kappa shape index (κ3) is 8.33. The lowest BCUT2D eigenvalue weighted by Crippen LogP contribution is -2.13. The molecule has 0 saturated heterocycles. The predicted molar refractivity (Wildman–Crippen MR) is 69.9 cm³/mol. The van der Waals surface area contributed by atoms with Gasteiger partial charge in [0.05, 0.1) is 0 Å². The molecule has 18 heavy (non-hydrogen) atoms. The smallest absolute Gasteiger partial charge is 0.331 e. The zero-order chi connectivity index (χ0) is 14.0. The van der Waals surface area contributed by atoms with Gasteiger partial charge < -0.3 is 9.47 Å². The number of esters is 2. The van der Waals surface area contributed by atoms with Crippen LogP contribution in [0, 0.1) is 0 Å². The van der Waals surface area contributed by atoms with E-state index in [2.05, 4.69) is 0 Å². The van der Waals surface area contributed by atoms with Gasteiger partial charge in [-0.1, -0.05) is 12.2 Å². The molecule has 0 rings (SSSR count). The largest absolute Gasteiger partial charge is 0.455 e. The summed E-state index contributed by atoms with van der Waals surface area (Å²) < 4.78 is 9.92. The first-order chi connectivity index (χ1) is 8.49. The summed E-state index contributed by atoms with van der Waals surface area (Å²) in [5.41, 5.74) is 0. The van der Waals surface area contributed by atoms with Crippen molar-refractivity contribution in [3.05, 3.63) is 36.5 Å². The van der Waals surface area contributed by atoms with Gasteiger partial charge in [-0.25, -0.2) is 9.59 Å². The van der Waals surface area contributed by atoms with Crippen LogP contribution in [-0.2, 0) is 19.1 Å². The second-order valence-corrected chi connectivity index (χ2v) is 3.67. The predicted octanol–water partition coefficient (Wildman–Crippen LogP) is 2.56. The lowest BCUT2D eigenvalue weighted by atomic mass is 10.3. The molecular weight excluding hydrogens is 232 g/mol. The number of hydrogen-bond donors (Lipinski definition) is 0. The summed E-state index contributed by atoms with van der Waals surface area (Å²) in [4.78, 5) is 22.6. The van der Waals surface area contributed by atoms with Gasteiger partial charge in [-0.2, -0.15) is 0 Å². The van der Waals surface area contributed by atoms with Crippen molar-refractivity contribution in [2.24, 2.45) is 0 Å². The number of carbonyl (C=O) groups excluding carboxylic acids is 2. The first-order valence-corrected chi connectivity index (χ1v) is 5.84. The van der Waals surface area contributed by atoms with Crippen LogP contribution in [0.15, 0.2) is 36.5 Å². The van der Waals surface area contributed by atoms with E-state index in [0.29, 0.717) is 0 Å². The summed E-state index contributed by atoms with van der Waals surface area (Å²) in [6, 6.07) is 0. The van der Waals surface area contributed by atoms with Crippen molar-refractivity contribution in [3.8, 4) is 0 Å². The van der Waals surface area contributed by atoms with Gasteiger partial charge in [0.2, 0.25) is 0 Å². The molecule has 0 aliphatic rings. The fraction of sp³-hybridized carbons (Fsp3) is 0.429. The summed E-state index contributed by atoms with van der Waals surface area (Å²) in [5.74, 6) is -1.15. The molecule has 0 aliphatic carbocycles. The summed E-state index contributed by atoms with van der Waals surface area (Å²) in [6.45, 7) is 7.14. The summed E-state index contributed by atoms with van der Waals surface area (Å²) in [7, 11) is 0. The molecule has 0 aromatic carbocycles. The number of carbonyl (C=O) groups is 2. The van der Waals surface area contributed by atoms with Gasteiger partial charge in [-0.05, 0) is 39.8 Å². The minimum absolute atomic E-state index is 0.315. The topological polar surface area (TPSA) is 52.6 Å². The van der Waals surface area contributed by atoms with Crippen LogP contribution in [0.1, 0.15) is 27.7 Å². The zero-order valence-corrected chi connectivity index (χ0v) is 11.3. The Bertz CT molecular complexity index is 319. The summed E-state index contributed by atoms with van der Waals surface area (Å²) >= 11 is 0. The first-order valence-electron chi connectivity index (χ1n) is 5.84. The Labute approximate surface area is 108 Å². The Morgan fingerprint density at radius 2 is 1.17 bits per heavy atom. The van der Waals surface area contributed by atoms with Crippen molar-refractivity contribution < 1.29 is 19.1 Å². The van der Waals surface area contributed by atoms with Crippen LogP contribution >= 0.6 is 0 Å². The molecule has 0 aromatic rings. The van der Waals surface area contributed by atoms with Gasteiger partial charge in [0.25, 0.3) is 0 Å². The molecule has 0 radical (unpaired) electrons. The Morgan fingerprint density at radius 1 is 0.833 bits per heavy atom. The molecule has 2 unspecified atom stereocenters. The highest BCUT2D eigenvalue weighted by Crippen LogP contribution is 1.97. The number of hydrogen-bond acceptors (Lipinski definition) is 4. The highest BCUT2D eigenvalue weighted by molar-refractivity contribution is 5.91. The van der Waals surface area contributed by atoms with Crippen LogP contribution in [-0.4, -0.2) is 24.1 Å². The highest BCUT2D eigenvalue weighted by atomic mass is 16.5. The minimum atomic E-state index is -0.573. The Balaban J connectivity index is 4.14. The van der Waals surface area contributed by atoms with Crippen LogP contribution in [0.25, 0.3) is 0 Å². The average Bonchev–Trinajstić information content (AvgIpc) is 2.27. The van der Waals surface area contributed by atoms with Crippen LogP contribution in [0.5, 0.6) is 0 Å².